The maximum absolute atomic E-state index is 10.8. The van der Waals surface area contributed by atoms with Gasteiger partial charge in [-0.15, -0.1) is 0 Å². The zero-order valence-corrected chi connectivity index (χ0v) is 18.8. The lowest BCUT2D eigenvalue weighted by molar-refractivity contribution is -0.131. The van der Waals surface area contributed by atoms with Crippen molar-refractivity contribution in [2.24, 2.45) is 0 Å². The third kappa shape index (κ3) is 4.62. The minimum absolute atomic E-state index is 0.588. The summed E-state index contributed by atoms with van der Waals surface area (Å²) in [5, 5.41) is 18.2. The van der Waals surface area contributed by atoms with Gasteiger partial charge >= 0.3 is 5.97 Å². The third-order valence-electron chi connectivity index (χ3n) is 5.26. The molecule has 0 atom stereocenters. The molecule has 0 fully saturated rings. The normalized spacial score (nSPS) is 12.3. The number of nitrogens with zero attached hydrogens (tertiary/aromatic N) is 1. The number of carbonyl (C=O) groups is 1. The van der Waals surface area contributed by atoms with Crippen molar-refractivity contribution in [2.45, 2.75) is 13.3 Å². The van der Waals surface area contributed by atoms with Crippen molar-refractivity contribution in [1.82, 2.24) is 10.2 Å². The van der Waals surface area contributed by atoms with Crippen molar-refractivity contribution in [2.75, 3.05) is 0 Å². The van der Waals surface area contributed by atoms with E-state index in [0.717, 1.165) is 56.8 Å². The second-order valence-electron chi connectivity index (χ2n) is 7.30. The molecule has 0 spiro atoms. The summed E-state index contributed by atoms with van der Waals surface area (Å²) in [6.07, 6.45) is 5.26. The Hall–Kier alpha value is -3.34. The fourth-order valence-electron chi connectivity index (χ4n) is 3.78. The van der Waals surface area contributed by atoms with Crippen molar-refractivity contribution in [1.29, 1.82) is 0 Å². The summed E-state index contributed by atoms with van der Waals surface area (Å²) in [7, 11) is 0. The van der Waals surface area contributed by atoms with E-state index in [-0.39, 0.29) is 0 Å². The van der Waals surface area contributed by atoms with E-state index in [2.05, 4.69) is 29.3 Å². The van der Waals surface area contributed by atoms with Crippen LogP contribution < -0.4 is 0 Å². The van der Waals surface area contributed by atoms with Gasteiger partial charge in [0.15, 0.2) is 0 Å². The Bertz CT molecular complexity index is 1350. The molecular formula is C26H20Cl2N2O2. The monoisotopic (exact) mass is 462 g/mol. The van der Waals surface area contributed by atoms with E-state index >= 15 is 0 Å². The van der Waals surface area contributed by atoms with Gasteiger partial charge in [0.05, 0.1) is 11.7 Å². The van der Waals surface area contributed by atoms with Crippen LogP contribution in [-0.4, -0.2) is 21.3 Å². The van der Waals surface area contributed by atoms with Gasteiger partial charge in [-0.1, -0.05) is 66.5 Å². The summed E-state index contributed by atoms with van der Waals surface area (Å²) in [4.78, 5) is 10.8. The highest BCUT2D eigenvalue weighted by Gasteiger charge is 2.16. The summed E-state index contributed by atoms with van der Waals surface area (Å²) in [6, 6.07) is 19.5. The van der Waals surface area contributed by atoms with Crippen LogP contribution in [0.25, 0.3) is 28.1 Å². The number of halogens is 2. The van der Waals surface area contributed by atoms with Gasteiger partial charge in [0.25, 0.3) is 0 Å². The number of fused-ring (bicyclic) bond motifs is 1. The van der Waals surface area contributed by atoms with Gasteiger partial charge in [0, 0.05) is 21.5 Å². The number of nitrogens with one attached hydrogen (secondary N) is 1. The molecule has 4 rings (SSSR count). The van der Waals surface area contributed by atoms with Gasteiger partial charge in [-0.05, 0) is 70.2 Å². The zero-order chi connectivity index (χ0) is 22.7. The Balaban J connectivity index is 1.93. The summed E-state index contributed by atoms with van der Waals surface area (Å²) in [5.74, 6) is -0.978. The highest BCUT2D eigenvalue weighted by atomic mass is 35.5. The fraction of sp³-hybridized carbons (Fsp3) is 0.0769. The van der Waals surface area contributed by atoms with Gasteiger partial charge in [-0.2, -0.15) is 5.10 Å². The van der Waals surface area contributed by atoms with Crippen molar-refractivity contribution in [3.05, 3.63) is 105 Å². The smallest absolute Gasteiger partial charge is 0.328 e. The molecule has 4 nitrogen and oxygen atoms in total. The molecule has 0 saturated carbocycles. The third-order valence-corrected chi connectivity index (χ3v) is 5.81. The van der Waals surface area contributed by atoms with E-state index in [9.17, 15) is 4.79 Å². The van der Waals surface area contributed by atoms with E-state index < -0.39 is 5.97 Å². The largest absolute Gasteiger partial charge is 0.478 e. The molecule has 2 N–H and O–H groups in total. The standard InChI is InChI=1S/C26H20Cl2N2O2/c1-2-21(22-10-9-20(27)14-23(22)28)26(18-8-11-24-19(13-18)15-29-30-24)17-6-3-16(4-7-17)5-12-25(31)32/h3-15H,2H2,1H3,(H,29,30)(H,31,32)/b12-5?,26-21-. The number of carboxylic acid groups (broad SMARTS) is 1. The van der Waals surface area contributed by atoms with Crippen molar-refractivity contribution >= 4 is 57.3 Å². The second-order valence-corrected chi connectivity index (χ2v) is 8.14. The Labute approximate surface area is 195 Å². The van der Waals surface area contributed by atoms with Crippen LogP contribution in [0.2, 0.25) is 10.0 Å². The van der Waals surface area contributed by atoms with Crippen molar-refractivity contribution in [3.63, 3.8) is 0 Å². The maximum atomic E-state index is 10.8. The Kier molecular flexibility index (Phi) is 6.45. The van der Waals surface area contributed by atoms with E-state index in [1.54, 1.807) is 18.3 Å². The molecule has 0 unspecified atom stereocenters. The number of aliphatic carboxylic acids is 1. The number of rotatable bonds is 6. The minimum Gasteiger partial charge on any atom is -0.478 e. The predicted molar refractivity (Wildman–Crippen MR) is 132 cm³/mol. The van der Waals surface area contributed by atoms with Crippen LogP contribution in [0.4, 0.5) is 0 Å². The number of H-pyrrole nitrogens is 1. The molecule has 0 aliphatic heterocycles. The lowest BCUT2D eigenvalue weighted by atomic mass is 9.87. The highest BCUT2D eigenvalue weighted by molar-refractivity contribution is 6.36. The molecule has 0 aliphatic rings. The Morgan fingerprint density at radius 2 is 1.78 bits per heavy atom. The number of carboxylic acids is 1. The number of hydrogen-bond acceptors (Lipinski definition) is 2. The van der Waals surface area contributed by atoms with Crippen LogP contribution in [0.15, 0.2) is 72.9 Å². The van der Waals surface area contributed by atoms with E-state index in [1.807, 2.05) is 42.5 Å². The molecule has 0 aliphatic carbocycles. The number of allylic oxidation sites excluding steroid dienone is 1. The van der Waals surface area contributed by atoms with Crippen molar-refractivity contribution < 1.29 is 9.90 Å². The van der Waals surface area contributed by atoms with Crippen LogP contribution >= 0.6 is 23.2 Å². The van der Waals surface area contributed by atoms with Crippen LogP contribution in [-0.2, 0) is 4.79 Å². The van der Waals surface area contributed by atoms with E-state index in [0.29, 0.717) is 10.0 Å². The number of aromatic amines is 1. The molecule has 0 radical (unpaired) electrons. The number of benzene rings is 3. The first-order valence-electron chi connectivity index (χ1n) is 10.1. The van der Waals surface area contributed by atoms with Gasteiger partial charge < -0.3 is 5.11 Å². The van der Waals surface area contributed by atoms with Crippen LogP contribution in [0.1, 0.15) is 35.6 Å². The first-order chi connectivity index (χ1) is 15.5. The summed E-state index contributed by atoms with van der Waals surface area (Å²) in [5.41, 5.74) is 6.87. The number of aromatic nitrogens is 2. The van der Waals surface area contributed by atoms with Gasteiger partial charge in [0.1, 0.15) is 0 Å². The average Bonchev–Trinajstić information content (AvgIpc) is 3.25. The number of hydrogen-bond donors (Lipinski definition) is 2. The summed E-state index contributed by atoms with van der Waals surface area (Å²) < 4.78 is 0. The molecule has 6 heteroatoms. The molecule has 32 heavy (non-hydrogen) atoms. The first-order valence-corrected chi connectivity index (χ1v) is 10.9. The second kappa shape index (κ2) is 9.43. The predicted octanol–water partition coefficient (Wildman–Crippen LogP) is 7.34. The lowest BCUT2D eigenvalue weighted by Crippen LogP contribution is -1.96. The van der Waals surface area contributed by atoms with Crippen LogP contribution in [0.3, 0.4) is 0 Å². The molecule has 0 bridgehead atoms. The maximum Gasteiger partial charge on any atom is 0.328 e. The van der Waals surface area contributed by atoms with Gasteiger partial charge in [-0.25, -0.2) is 4.79 Å². The lowest BCUT2D eigenvalue weighted by Gasteiger charge is -2.18. The zero-order valence-electron chi connectivity index (χ0n) is 17.3. The molecular weight excluding hydrogens is 443 g/mol. The van der Waals surface area contributed by atoms with Crippen molar-refractivity contribution in [3.8, 4) is 0 Å². The first kappa shape index (κ1) is 21.9. The van der Waals surface area contributed by atoms with E-state index in [1.165, 1.54) is 0 Å². The van der Waals surface area contributed by atoms with Crippen LogP contribution in [0.5, 0.6) is 0 Å². The Morgan fingerprint density at radius 1 is 1.03 bits per heavy atom. The quantitative estimate of drug-likeness (QED) is 0.232. The fourth-order valence-corrected chi connectivity index (χ4v) is 4.30. The van der Waals surface area contributed by atoms with E-state index in [4.69, 9.17) is 28.3 Å². The molecule has 160 valence electrons. The summed E-state index contributed by atoms with van der Waals surface area (Å²) >= 11 is 12.7. The highest BCUT2D eigenvalue weighted by Crippen LogP contribution is 2.38. The Morgan fingerprint density at radius 3 is 2.47 bits per heavy atom. The average molecular weight is 463 g/mol. The van der Waals surface area contributed by atoms with Gasteiger partial charge in [-0.3, -0.25) is 5.10 Å². The molecule has 3 aromatic carbocycles. The minimum atomic E-state index is -0.978. The molecule has 4 aromatic rings. The topological polar surface area (TPSA) is 66.0 Å². The summed E-state index contributed by atoms with van der Waals surface area (Å²) in [6.45, 7) is 2.10. The molecule has 0 saturated heterocycles. The molecule has 1 heterocycles. The SMILES string of the molecule is CC/C(=C(\c1ccc(C=CC(=O)O)cc1)c1ccc2[nH]ncc2c1)c1ccc(Cl)cc1Cl. The van der Waals surface area contributed by atoms with Gasteiger partial charge in [0.2, 0.25) is 0 Å². The molecule has 0 amide bonds. The molecule has 1 aromatic heterocycles. The van der Waals surface area contributed by atoms with Crippen LogP contribution in [0, 0.1) is 0 Å².